The quantitative estimate of drug-likeness (QED) is 0.760. The number of halogens is 1. The first-order chi connectivity index (χ1) is 14.5. The van der Waals surface area contributed by atoms with E-state index in [-0.39, 0.29) is 25.0 Å². The first kappa shape index (κ1) is 23.7. The van der Waals surface area contributed by atoms with Crippen molar-refractivity contribution in [3.63, 3.8) is 0 Å². The number of aryl methyl sites for hydroxylation is 1. The fourth-order valence-corrected chi connectivity index (χ4v) is 5.42. The largest absolute Gasteiger partial charge is 0.351 e. The first-order valence-corrected chi connectivity index (χ1v) is 12.7. The second-order valence-electron chi connectivity index (χ2n) is 8.98. The van der Waals surface area contributed by atoms with Gasteiger partial charge in [0.05, 0.1) is 12.8 Å². The van der Waals surface area contributed by atoms with Crippen molar-refractivity contribution in [2.45, 2.75) is 70.4 Å². The van der Waals surface area contributed by atoms with Crippen LogP contribution < -0.4 is 10.2 Å². The number of carbonyl (C=O) groups is 2. The van der Waals surface area contributed by atoms with Crippen molar-refractivity contribution in [1.29, 1.82) is 0 Å². The molecule has 1 atom stereocenters. The lowest BCUT2D eigenvalue weighted by Gasteiger charge is -2.47. The van der Waals surface area contributed by atoms with Gasteiger partial charge in [-0.2, -0.15) is 4.31 Å². The second-order valence-corrected chi connectivity index (χ2v) is 11.0. The fourth-order valence-electron chi connectivity index (χ4n) is 4.59. The standard InChI is InChI=1S/C22H32FN3O4S/c1-16-13-17(23)11-12-19(16)26-20(27)14-25(31(3,29)30)15-22(26,2)21(28)24-18-9-7-5-4-6-8-10-18/h11-13,18H,4-10,14-15H2,1-3H3,(H,24,28)/t22-/m1/s1. The Morgan fingerprint density at radius 1 is 1.16 bits per heavy atom. The molecule has 2 aliphatic rings. The van der Waals surface area contributed by atoms with Crippen molar-refractivity contribution in [3.8, 4) is 0 Å². The zero-order valence-corrected chi connectivity index (χ0v) is 19.3. The SMILES string of the molecule is Cc1cc(F)ccc1N1C(=O)CN(S(C)(=O)=O)C[C@]1(C)C(=O)NC1CCCCCCC1. The van der Waals surface area contributed by atoms with E-state index < -0.39 is 27.3 Å². The second kappa shape index (κ2) is 9.24. The summed E-state index contributed by atoms with van der Waals surface area (Å²) in [5.74, 6) is -1.34. The van der Waals surface area contributed by atoms with E-state index in [0.29, 0.717) is 11.3 Å². The van der Waals surface area contributed by atoms with Crippen molar-refractivity contribution < 1.29 is 22.4 Å². The minimum atomic E-state index is -3.68. The molecule has 0 radical (unpaired) electrons. The minimum absolute atomic E-state index is 0.00972. The predicted molar refractivity (Wildman–Crippen MR) is 118 cm³/mol. The van der Waals surface area contributed by atoms with E-state index in [0.717, 1.165) is 49.1 Å². The summed E-state index contributed by atoms with van der Waals surface area (Å²) in [6.45, 7) is 2.74. The van der Waals surface area contributed by atoms with Crippen LogP contribution in [-0.2, 0) is 19.6 Å². The Hall–Kier alpha value is -2.00. The van der Waals surface area contributed by atoms with Crippen molar-refractivity contribution >= 4 is 27.5 Å². The highest BCUT2D eigenvalue weighted by molar-refractivity contribution is 7.88. The number of sulfonamides is 1. The molecular weight excluding hydrogens is 421 g/mol. The zero-order valence-electron chi connectivity index (χ0n) is 18.5. The van der Waals surface area contributed by atoms with Gasteiger partial charge in [0.2, 0.25) is 21.8 Å². The number of hydrogen-bond donors (Lipinski definition) is 1. The number of anilines is 1. The summed E-state index contributed by atoms with van der Waals surface area (Å²) in [6, 6.07) is 4.01. The molecule has 1 heterocycles. The van der Waals surface area contributed by atoms with Gasteiger partial charge in [0, 0.05) is 18.3 Å². The van der Waals surface area contributed by atoms with Crippen LogP contribution in [0.2, 0.25) is 0 Å². The van der Waals surface area contributed by atoms with Gasteiger partial charge in [-0.25, -0.2) is 12.8 Å². The van der Waals surface area contributed by atoms with Crippen LogP contribution in [0.15, 0.2) is 18.2 Å². The lowest BCUT2D eigenvalue weighted by Crippen LogP contribution is -2.70. The minimum Gasteiger partial charge on any atom is -0.351 e. The summed E-state index contributed by atoms with van der Waals surface area (Å²) in [6.07, 6.45) is 8.27. The molecule has 2 fully saturated rings. The Balaban J connectivity index is 1.97. The summed E-state index contributed by atoms with van der Waals surface area (Å²) >= 11 is 0. The molecule has 9 heteroatoms. The Morgan fingerprint density at radius 2 is 1.77 bits per heavy atom. The maximum Gasteiger partial charge on any atom is 0.247 e. The van der Waals surface area contributed by atoms with Gasteiger partial charge >= 0.3 is 0 Å². The lowest BCUT2D eigenvalue weighted by molar-refractivity contribution is -0.133. The number of hydrogen-bond acceptors (Lipinski definition) is 4. The molecule has 3 rings (SSSR count). The highest BCUT2D eigenvalue weighted by atomic mass is 32.2. The summed E-state index contributed by atoms with van der Waals surface area (Å²) in [5, 5.41) is 3.09. The van der Waals surface area contributed by atoms with Crippen molar-refractivity contribution in [2.75, 3.05) is 24.2 Å². The Bertz CT molecular complexity index is 944. The normalized spacial score (nSPS) is 24.5. The summed E-state index contributed by atoms with van der Waals surface area (Å²) in [7, 11) is -3.68. The van der Waals surface area contributed by atoms with Gasteiger partial charge in [0.1, 0.15) is 11.4 Å². The Labute approximate surface area is 184 Å². The van der Waals surface area contributed by atoms with Gasteiger partial charge < -0.3 is 5.32 Å². The van der Waals surface area contributed by atoms with Crippen LogP contribution in [0.25, 0.3) is 0 Å². The molecule has 7 nitrogen and oxygen atoms in total. The van der Waals surface area contributed by atoms with Crippen LogP contribution in [0, 0.1) is 12.7 Å². The van der Waals surface area contributed by atoms with Crippen LogP contribution >= 0.6 is 0 Å². The van der Waals surface area contributed by atoms with Gasteiger partial charge in [-0.15, -0.1) is 0 Å². The summed E-state index contributed by atoms with van der Waals surface area (Å²) < 4.78 is 39.2. The first-order valence-electron chi connectivity index (χ1n) is 10.9. The zero-order chi connectivity index (χ0) is 22.8. The molecule has 1 saturated heterocycles. The lowest BCUT2D eigenvalue weighted by atomic mass is 9.91. The number of benzene rings is 1. The molecular formula is C22H32FN3O4S. The van der Waals surface area contributed by atoms with Crippen LogP contribution in [0.5, 0.6) is 0 Å². The van der Waals surface area contributed by atoms with Gasteiger partial charge in [-0.3, -0.25) is 14.5 Å². The fraction of sp³-hybridized carbons (Fsp3) is 0.636. The van der Waals surface area contributed by atoms with Crippen LogP contribution in [0.1, 0.15) is 57.4 Å². The number of nitrogens with zero attached hydrogens (tertiary/aromatic N) is 2. The van der Waals surface area contributed by atoms with Crippen molar-refractivity contribution in [3.05, 3.63) is 29.6 Å². The van der Waals surface area contributed by atoms with Gasteiger partial charge in [-0.05, 0) is 50.5 Å². The van der Waals surface area contributed by atoms with Crippen LogP contribution in [0.3, 0.4) is 0 Å². The third-order valence-corrected chi connectivity index (χ3v) is 7.53. The highest BCUT2D eigenvalue weighted by Crippen LogP contribution is 2.33. The molecule has 1 N–H and O–H groups in total. The molecule has 1 aliphatic heterocycles. The Kier molecular flexibility index (Phi) is 7.05. The maximum absolute atomic E-state index is 13.7. The van der Waals surface area contributed by atoms with Gasteiger partial charge in [0.15, 0.2) is 0 Å². The molecule has 0 bridgehead atoms. The van der Waals surface area contributed by atoms with Crippen LogP contribution in [0.4, 0.5) is 10.1 Å². The molecule has 172 valence electrons. The number of piperazine rings is 1. The van der Waals surface area contributed by atoms with Gasteiger partial charge in [-0.1, -0.05) is 32.1 Å². The monoisotopic (exact) mass is 453 g/mol. The molecule has 0 unspecified atom stereocenters. The molecule has 0 spiro atoms. The van der Waals surface area contributed by atoms with Crippen LogP contribution in [-0.4, -0.2) is 55.5 Å². The van der Waals surface area contributed by atoms with E-state index in [4.69, 9.17) is 0 Å². The van der Waals surface area contributed by atoms with Gasteiger partial charge in [0.25, 0.3) is 0 Å². The number of amides is 2. The summed E-state index contributed by atoms with van der Waals surface area (Å²) in [4.78, 5) is 28.1. The van der Waals surface area contributed by atoms with E-state index >= 15 is 0 Å². The molecule has 1 aliphatic carbocycles. The smallest absolute Gasteiger partial charge is 0.247 e. The molecule has 1 aromatic rings. The third kappa shape index (κ3) is 5.26. The Morgan fingerprint density at radius 3 is 2.35 bits per heavy atom. The highest BCUT2D eigenvalue weighted by Gasteiger charge is 2.50. The molecule has 1 saturated carbocycles. The van der Waals surface area contributed by atoms with E-state index in [2.05, 4.69) is 5.32 Å². The van der Waals surface area contributed by atoms with E-state index in [1.807, 2.05) is 0 Å². The number of nitrogens with one attached hydrogen (secondary N) is 1. The third-order valence-electron chi connectivity index (χ3n) is 6.34. The number of carbonyl (C=O) groups excluding carboxylic acids is 2. The summed E-state index contributed by atoms with van der Waals surface area (Å²) in [5.41, 5.74) is -0.537. The average molecular weight is 454 g/mol. The van der Waals surface area contributed by atoms with E-state index in [1.165, 1.54) is 29.5 Å². The van der Waals surface area contributed by atoms with Crippen molar-refractivity contribution in [2.24, 2.45) is 0 Å². The molecule has 1 aromatic carbocycles. The van der Waals surface area contributed by atoms with Crippen molar-refractivity contribution in [1.82, 2.24) is 9.62 Å². The predicted octanol–water partition coefficient (Wildman–Crippen LogP) is 2.73. The average Bonchev–Trinajstić information content (AvgIpc) is 2.64. The van der Waals surface area contributed by atoms with E-state index in [9.17, 15) is 22.4 Å². The molecule has 0 aromatic heterocycles. The topological polar surface area (TPSA) is 86.8 Å². The molecule has 31 heavy (non-hydrogen) atoms. The van der Waals surface area contributed by atoms with E-state index in [1.54, 1.807) is 13.8 Å². The number of rotatable bonds is 4. The molecule has 2 amide bonds. The maximum atomic E-state index is 13.7.